The Kier molecular flexibility index (Phi) is 3.38. The average molecular weight is 342 g/mol. The molecule has 0 bridgehead atoms. The molecule has 1 atom stereocenters. The van der Waals surface area contributed by atoms with Gasteiger partial charge in [0.15, 0.2) is 6.10 Å². The minimum Gasteiger partial charge on any atom is -0.390 e. The van der Waals surface area contributed by atoms with Crippen molar-refractivity contribution in [2.45, 2.75) is 17.4 Å². The lowest BCUT2D eigenvalue weighted by molar-refractivity contribution is 0.0599. The largest absolute Gasteiger partial charge is 0.390 e. The summed E-state index contributed by atoms with van der Waals surface area (Å²) in [5, 5.41) is 4.04. The van der Waals surface area contributed by atoms with Gasteiger partial charge in [0.2, 0.25) is 0 Å². The highest BCUT2D eigenvalue weighted by Crippen LogP contribution is 2.31. The van der Waals surface area contributed by atoms with Crippen molar-refractivity contribution in [2.24, 2.45) is 5.16 Å². The predicted molar refractivity (Wildman–Crippen MR) is 87.1 cm³/mol. The Morgan fingerprint density at radius 2 is 1.79 bits per heavy atom. The molecule has 2 aromatic rings. The van der Waals surface area contributed by atoms with Crippen LogP contribution in [0.1, 0.15) is 22.3 Å². The monoisotopic (exact) mass is 342 g/mol. The van der Waals surface area contributed by atoms with E-state index in [-0.39, 0.29) is 17.0 Å². The Hall–Kier alpha value is -2.67. The van der Waals surface area contributed by atoms with E-state index in [0.29, 0.717) is 6.42 Å². The number of amides is 1. The van der Waals surface area contributed by atoms with Crippen LogP contribution in [-0.2, 0) is 14.9 Å². The van der Waals surface area contributed by atoms with Gasteiger partial charge in [-0.05, 0) is 17.7 Å². The van der Waals surface area contributed by atoms with E-state index in [2.05, 4.69) is 5.16 Å². The van der Waals surface area contributed by atoms with Gasteiger partial charge in [-0.1, -0.05) is 47.6 Å². The van der Waals surface area contributed by atoms with Crippen LogP contribution in [0.25, 0.3) is 0 Å². The molecule has 122 valence electrons. The van der Waals surface area contributed by atoms with Crippen molar-refractivity contribution < 1.29 is 18.0 Å². The molecule has 2 aliphatic heterocycles. The number of carbonyl (C=O) groups excluding carboxylic acids is 1. The van der Waals surface area contributed by atoms with Crippen LogP contribution in [0.15, 0.2) is 64.6 Å². The van der Waals surface area contributed by atoms with Crippen molar-refractivity contribution in [1.29, 1.82) is 0 Å². The Morgan fingerprint density at radius 1 is 1.08 bits per heavy atom. The molecule has 0 aliphatic carbocycles. The molecule has 7 heteroatoms. The second-order valence-corrected chi connectivity index (χ2v) is 7.50. The summed E-state index contributed by atoms with van der Waals surface area (Å²) in [5.41, 5.74) is 1.89. The van der Waals surface area contributed by atoms with Crippen molar-refractivity contribution >= 4 is 21.6 Å². The van der Waals surface area contributed by atoms with Gasteiger partial charge in [-0.25, -0.2) is 12.7 Å². The van der Waals surface area contributed by atoms with E-state index >= 15 is 0 Å². The van der Waals surface area contributed by atoms with Crippen molar-refractivity contribution in [3.63, 3.8) is 0 Å². The lowest BCUT2D eigenvalue weighted by atomic mass is 10.1. The number of hydrogen-bond donors (Lipinski definition) is 0. The van der Waals surface area contributed by atoms with E-state index in [0.717, 1.165) is 15.6 Å². The average Bonchev–Trinajstić information content (AvgIpc) is 3.14. The fourth-order valence-electron chi connectivity index (χ4n) is 2.92. The lowest BCUT2D eigenvalue weighted by Gasteiger charge is -2.18. The molecule has 0 N–H and O–H groups in total. The summed E-state index contributed by atoms with van der Waals surface area (Å²) in [5.74, 6) is -0.512. The normalized spacial score (nSPS) is 21.3. The molecule has 6 nitrogen and oxygen atoms in total. The van der Waals surface area contributed by atoms with Crippen LogP contribution in [0.5, 0.6) is 0 Å². The zero-order chi connectivity index (χ0) is 16.7. The Bertz CT molecular complexity index is 938. The summed E-state index contributed by atoms with van der Waals surface area (Å²) in [7, 11) is -3.81. The number of carbonyl (C=O) groups is 1. The molecule has 0 radical (unpaired) electrons. The zero-order valence-corrected chi connectivity index (χ0v) is 13.4. The van der Waals surface area contributed by atoms with E-state index in [1.807, 2.05) is 30.3 Å². The summed E-state index contributed by atoms with van der Waals surface area (Å²) < 4.78 is 26.0. The number of hydrogen-bond acceptors (Lipinski definition) is 5. The van der Waals surface area contributed by atoms with Crippen LogP contribution in [0.3, 0.4) is 0 Å². The van der Waals surface area contributed by atoms with E-state index in [9.17, 15) is 13.2 Å². The van der Waals surface area contributed by atoms with Crippen molar-refractivity contribution in [1.82, 2.24) is 4.31 Å². The fraction of sp³-hybridized carbons (Fsp3) is 0.176. The standard InChI is InChI=1S/C17H14N2O4S/c20-17-14-8-4-5-9-16(14)24(21,22)19(17)11-13-10-15(18-23-13)12-6-2-1-3-7-12/h1-9,13H,10-11H2/t13-/m1/s1. The van der Waals surface area contributed by atoms with Gasteiger partial charge in [0.1, 0.15) is 4.90 Å². The molecule has 0 saturated heterocycles. The summed E-state index contributed by atoms with van der Waals surface area (Å²) in [4.78, 5) is 17.8. The van der Waals surface area contributed by atoms with Crippen molar-refractivity contribution in [3.8, 4) is 0 Å². The maximum absolute atomic E-state index is 12.5. The maximum atomic E-state index is 12.5. The minimum absolute atomic E-state index is 0.0460. The molecule has 0 saturated carbocycles. The maximum Gasteiger partial charge on any atom is 0.269 e. The summed E-state index contributed by atoms with van der Waals surface area (Å²) in [6.07, 6.45) is -0.0205. The zero-order valence-electron chi connectivity index (χ0n) is 12.6. The number of nitrogens with zero attached hydrogens (tertiary/aromatic N) is 2. The molecule has 2 aromatic carbocycles. The van der Waals surface area contributed by atoms with E-state index in [4.69, 9.17) is 4.84 Å². The minimum atomic E-state index is -3.81. The first-order valence-electron chi connectivity index (χ1n) is 7.51. The van der Waals surface area contributed by atoms with E-state index < -0.39 is 22.0 Å². The predicted octanol–water partition coefficient (Wildman–Crippen LogP) is 2.02. The number of sulfonamides is 1. The van der Waals surface area contributed by atoms with E-state index in [1.165, 1.54) is 12.1 Å². The Balaban J connectivity index is 1.53. The summed E-state index contributed by atoms with van der Waals surface area (Å²) >= 11 is 0. The molecule has 0 unspecified atom stereocenters. The third-order valence-corrected chi connectivity index (χ3v) is 5.93. The molecule has 24 heavy (non-hydrogen) atoms. The van der Waals surface area contributed by atoms with Gasteiger partial charge in [-0.2, -0.15) is 0 Å². The quantitative estimate of drug-likeness (QED) is 0.855. The Morgan fingerprint density at radius 3 is 2.54 bits per heavy atom. The van der Waals surface area contributed by atoms with Crippen LogP contribution >= 0.6 is 0 Å². The smallest absolute Gasteiger partial charge is 0.269 e. The molecular formula is C17H14N2O4S. The first-order chi connectivity index (χ1) is 11.6. The topological polar surface area (TPSA) is 76.0 Å². The van der Waals surface area contributed by atoms with Crippen LogP contribution in [0.4, 0.5) is 0 Å². The van der Waals surface area contributed by atoms with Gasteiger partial charge in [0.25, 0.3) is 15.9 Å². The second kappa shape index (κ2) is 5.45. The molecule has 2 heterocycles. The van der Waals surface area contributed by atoms with Gasteiger partial charge in [-0.15, -0.1) is 0 Å². The van der Waals surface area contributed by atoms with Crippen molar-refractivity contribution in [3.05, 3.63) is 65.7 Å². The highest BCUT2D eigenvalue weighted by Gasteiger charge is 2.43. The van der Waals surface area contributed by atoms with Gasteiger partial charge in [0.05, 0.1) is 17.8 Å². The highest BCUT2D eigenvalue weighted by molar-refractivity contribution is 7.90. The molecule has 0 fully saturated rings. The molecule has 1 amide bonds. The molecule has 4 rings (SSSR count). The molecule has 2 aliphatic rings. The molecular weight excluding hydrogens is 328 g/mol. The van der Waals surface area contributed by atoms with Gasteiger partial charge in [0, 0.05) is 6.42 Å². The highest BCUT2D eigenvalue weighted by atomic mass is 32.2. The van der Waals surface area contributed by atoms with Crippen LogP contribution in [-0.4, -0.2) is 37.0 Å². The third-order valence-electron chi connectivity index (χ3n) is 4.12. The first-order valence-corrected chi connectivity index (χ1v) is 8.95. The number of benzene rings is 2. The second-order valence-electron chi connectivity index (χ2n) is 5.67. The molecule has 0 aromatic heterocycles. The van der Waals surface area contributed by atoms with Gasteiger partial charge in [-0.3, -0.25) is 4.79 Å². The summed E-state index contributed by atoms with van der Waals surface area (Å²) in [6.45, 7) is -0.0460. The van der Waals surface area contributed by atoms with Crippen molar-refractivity contribution in [2.75, 3.05) is 6.54 Å². The first kappa shape index (κ1) is 14.9. The number of oxime groups is 1. The number of fused-ring (bicyclic) bond motifs is 1. The Labute approximate surface area is 139 Å². The molecule has 0 spiro atoms. The fourth-order valence-corrected chi connectivity index (χ4v) is 4.52. The lowest BCUT2D eigenvalue weighted by Crippen LogP contribution is -2.37. The van der Waals surface area contributed by atoms with Crippen LogP contribution in [0, 0.1) is 0 Å². The number of rotatable bonds is 3. The van der Waals surface area contributed by atoms with Gasteiger partial charge < -0.3 is 4.84 Å². The van der Waals surface area contributed by atoms with Crippen LogP contribution in [0.2, 0.25) is 0 Å². The SMILES string of the molecule is O=C1c2ccccc2S(=O)(=O)N1C[C@H]1CC(c2ccccc2)=NO1. The third kappa shape index (κ3) is 2.28. The van der Waals surface area contributed by atoms with Crippen LogP contribution < -0.4 is 0 Å². The van der Waals surface area contributed by atoms with E-state index in [1.54, 1.807) is 12.1 Å². The van der Waals surface area contributed by atoms with Gasteiger partial charge >= 0.3 is 0 Å². The summed E-state index contributed by atoms with van der Waals surface area (Å²) in [6, 6.07) is 15.8.